The molecule has 5 heteroatoms. The van der Waals surface area contributed by atoms with Crippen LogP contribution in [0.1, 0.15) is 0 Å². The smallest absolute Gasteiger partial charge is 0.162 e. The third kappa shape index (κ3) is 2.07. The fourth-order valence-corrected chi connectivity index (χ4v) is 3.51. The summed E-state index contributed by atoms with van der Waals surface area (Å²) in [5.74, 6) is 0.189. The van der Waals surface area contributed by atoms with Crippen LogP contribution in [0.15, 0.2) is 47.8 Å². The zero-order chi connectivity index (χ0) is 14.4. The van der Waals surface area contributed by atoms with Crippen LogP contribution in [-0.2, 0) is 0 Å². The summed E-state index contributed by atoms with van der Waals surface area (Å²) in [5.41, 5.74) is 1.43. The van der Waals surface area contributed by atoms with Crippen LogP contribution in [0.4, 0.5) is 4.39 Å². The van der Waals surface area contributed by atoms with Gasteiger partial charge in [-0.2, -0.15) is 0 Å². The molecule has 0 saturated heterocycles. The van der Waals surface area contributed by atoms with Crippen LogP contribution < -0.4 is 0 Å². The molecule has 0 aliphatic heterocycles. The molecule has 21 heavy (non-hydrogen) atoms. The quantitative estimate of drug-likeness (QED) is 0.445. The molecule has 0 amide bonds. The highest BCUT2D eigenvalue weighted by Gasteiger charge is 2.12. The molecule has 0 aliphatic rings. The maximum Gasteiger partial charge on any atom is 0.162 e. The Labute approximate surface area is 128 Å². The van der Waals surface area contributed by atoms with Crippen molar-refractivity contribution < 1.29 is 4.39 Å². The summed E-state index contributed by atoms with van der Waals surface area (Å²) in [5, 5.41) is 4.07. The number of hydrogen-bond acceptors (Lipinski definition) is 3. The lowest BCUT2D eigenvalue weighted by molar-refractivity contribution is 0.629. The molecule has 0 aliphatic carbocycles. The van der Waals surface area contributed by atoms with E-state index in [0.717, 1.165) is 15.6 Å². The van der Waals surface area contributed by atoms with E-state index in [0.29, 0.717) is 21.9 Å². The third-order valence-electron chi connectivity index (χ3n) is 3.33. The first-order valence-corrected chi connectivity index (χ1v) is 7.57. The Kier molecular flexibility index (Phi) is 2.87. The van der Waals surface area contributed by atoms with Crippen molar-refractivity contribution in [2.45, 2.75) is 0 Å². The molecule has 0 spiro atoms. The van der Waals surface area contributed by atoms with Crippen molar-refractivity contribution in [3.63, 3.8) is 0 Å². The first kappa shape index (κ1) is 12.7. The zero-order valence-electron chi connectivity index (χ0n) is 10.7. The molecule has 2 aromatic carbocycles. The minimum atomic E-state index is -0.335. The van der Waals surface area contributed by atoms with Gasteiger partial charge in [-0.05, 0) is 18.2 Å². The van der Waals surface area contributed by atoms with E-state index in [1.807, 2.05) is 29.6 Å². The number of halogens is 2. The average Bonchev–Trinajstić information content (AvgIpc) is 2.90. The number of benzene rings is 2. The minimum absolute atomic E-state index is 0.335. The van der Waals surface area contributed by atoms with E-state index in [-0.39, 0.29) is 5.82 Å². The van der Waals surface area contributed by atoms with Crippen LogP contribution in [0.25, 0.3) is 32.4 Å². The molecular weight excluding hydrogens is 307 g/mol. The average molecular weight is 315 g/mol. The van der Waals surface area contributed by atoms with Gasteiger partial charge in [-0.25, -0.2) is 14.4 Å². The van der Waals surface area contributed by atoms with E-state index in [1.54, 1.807) is 17.4 Å². The first-order chi connectivity index (χ1) is 10.2. The molecule has 2 heterocycles. The van der Waals surface area contributed by atoms with E-state index in [9.17, 15) is 4.39 Å². The van der Waals surface area contributed by atoms with Crippen molar-refractivity contribution >= 4 is 43.9 Å². The van der Waals surface area contributed by atoms with Crippen LogP contribution in [0.5, 0.6) is 0 Å². The molecule has 0 radical (unpaired) electrons. The van der Waals surface area contributed by atoms with Gasteiger partial charge in [-0.1, -0.05) is 29.8 Å². The molecule has 0 atom stereocenters. The van der Waals surface area contributed by atoms with Crippen molar-refractivity contribution in [2.24, 2.45) is 0 Å². The maximum absolute atomic E-state index is 13.4. The Morgan fingerprint density at radius 2 is 1.86 bits per heavy atom. The topological polar surface area (TPSA) is 25.8 Å². The molecule has 2 nitrogen and oxygen atoms in total. The summed E-state index contributed by atoms with van der Waals surface area (Å²) in [6.45, 7) is 0. The van der Waals surface area contributed by atoms with Crippen molar-refractivity contribution in [3.8, 4) is 11.4 Å². The maximum atomic E-state index is 13.4. The van der Waals surface area contributed by atoms with Gasteiger partial charge in [0.15, 0.2) is 5.82 Å². The molecule has 0 unspecified atom stereocenters. The van der Waals surface area contributed by atoms with Gasteiger partial charge in [-0.15, -0.1) is 11.3 Å². The largest absolute Gasteiger partial charge is 0.228 e. The standard InChI is InChI=1S/C16H8ClFN2S/c17-15-11-6-5-9(18)7-13(11)19-16(20-15)12-8-21-14-4-2-1-3-10(12)14/h1-8H. The van der Waals surface area contributed by atoms with Gasteiger partial charge in [0.05, 0.1) is 5.52 Å². The van der Waals surface area contributed by atoms with Crippen LogP contribution in [0.2, 0.25) is 5.15 Å². The minimum Gasteiger partial charge on any atom is -0.228 e. The highest BCUT2D eigenvalue weighted by molar-refractivity contribution is 7.17. The highest BCUT2D eigenvalue weighted by Crippen LogP contribution is 2.33. The molecule has 0 fully saturated rings. The summed E-state index contributed by atoms with van der Waals surface area (Å²) >= 11 is 7.84. The van der Waals surface area contributed by atoms with Crippen molar-refractivity contribution in [1.82, 2.24) is 9.97 Å². The lowest BCUT2D eigenvalue weighted by Gasteiger charge is -2.04. The lowest BCUT2D eigenvalue weighted by Crippen LogP contribution is -1.92. The molecule has 0 saturated carbocycles. The number of thiophene rings is 1. The van der Waals surface area contributed by atoms with Gasteiger partial charge in [0.2, 0.25) is 0 Å². The molecule has 0 N–H and O–H groups in total. The first-order valence-electron chi connectivity index (χ1n) is 6.32. The molecule has 2 aromatic heterocycles. The summed E-state index contributed by atoms with van der Waals surface area (Å²) in [6, 6.07) is 12.4. The normalized spacial score (nSPS) is 11.3. The Bertz CT molecular complexity index is 981. The second-order valence-electron chi connectivity index (χ2n) is 4.65. The van der Waals surface area contributed by atoms with E-state index < -0.39 is 0 Å². The van der Waals surface area contributed by atoms with Gasteiger partial charge < -0.3 is 0 Å². The fraction of sp³-hybridized carbons (Fsp3) is 0. The predicted molar refractivity (Wildman–Crippen MR) is 85.3 cm³/mol. The number of fused-ring (bicyclic) bond motifs is 2. The van der Waals surface area contributed by atoms with Gasteiger partial charge in [0.1, 0.15) is 11.0 Å². The lowest BCUT2D eigenvalue weighted by atomic mass is 10.1. The fourth-order valence-electron chi connectivity index (χ4n) is 2.34. The molecular formula is C16H8ClFN2S. The Morgan fingerprint density at radius 3 is 2.76 bits per heavy atom. The van der Waals surface area contributed by atoms with E-state index in [2.05, 4.69) is 9.97 Å². The Hall–Kier alpha value is -2.04. The van der Waals surface area contributed by atoms with Crippen molar-refractivity contribution in [1.29, 1.82) is 0 Å². The number of rotatable bonds is 1. The highest BCUT2D eigenvalue weighted by atomic mass is 35.5. The van der Waals surface area contributed by atoms with E-state index in [1.165, 1.54) is 12.1 Å². The van der Waals surface area contributed by atoms with E-state index in [4.69, 9.17) is 11.6 Å². The van der Waals surface area contributed by atoms with Crippen LogP contribution in [0.3, 0.4) is 0 Å². The van der Waals surface area contributed by atoms with Crippen molar-refractivity contribution in [3.05, 3.63) is 58.8 Å². The Morgan fingerprint density at radius 1 is 1.00 bits per heavy atom. The number of nitrogens with zero attached hydrogens (tertiary/aromatic N) is 2. The predicted octanol–water partition coefficient (Wildman–Crippen LogP) is 5.30. The van der Waals surface area contributed by atoms with Gasteiger partial charge in [-0.3, -0.25) is 0 Å². The zero-order valence-corrected chi connectivity index (χ0v) is 12.2. The van der Waals surface area contributed by atoms with Gasteiger partial charge in [0, 0.05) is 32.5 Å². The molecule has 4 aromatic rings. The monoisotopic (exact) mass is 314 g/mol. The van der Waals surface area contributed by atoms with Crippen LogP contribution in [0, 0.1) is 5.82 Å². The summed E-state index contributed by atoms with van der Waals surface area (Å²) in [4.78, 5) is 8.82. The van der Waals surface area contributed by atoms with Crippen LogP contribution >= 0.6 is 22.9 Å². The van der Waals surface area contributed by atoms with Crippen LogP contribution in [-0.4, -0.2) is 9.97 Å². The second kappa shape index (κ2) is 4.76. The Balaban J connectivity index is 2.02. The third-order valence-corrected chi connectivity index (χ3v) is 4.59. The summed E-state index contributed by atoms with van der Waals surface area (Å²) in [7, 11) is 0. The molecule has 0 bridgehead atoms. The second-order valence-corrected chi connectivity index (χ2v) is 5.91. The SMILES string of the molecule is Fc1ccc2c(Cl)nc(-c3csc4ccccc34)nc2c1. The van der Waals surface area contributed by atoms with E-state index >= 15 is 0 Å². The van der Waals surface area contributed by atoms with Gasteiger partial charge in [0.25, 0.3) is 0 Å². The summed E-state index contributed by atoms with van der Waals surface area (Å²) < 4.78 is 14.6. The van der Waals surface area contributed by atoms with Crippen molar-refractivity contribution in [2.75, 3.05) is 0 Å². The number of hydrogen-bond donors (Lipinski definition) is 0. The van der Waals surface area contributed by atoms with Gasteiger partial charge >= 0.3 is 0 Å². The molecule has 102 valence electrons. The molecule has 4 rings (SSSR count). The number of aromatic nitrogens is 2. The summed E-state index contributed by atoms with van der Waals surface area (Å²) in [6.07, 6.45) is 0.